The van der Waals surface area contributed by atoms with Crippen molar-refractivity contribution in [3.05, 3.63) is 45.4 Å². The maximum atomic E-state index is 12.0. The molecule has 1 atom stereocenters. The van der Waals surface area contributed by atoms with Gasteiger partial charge in [-0.25, -0.2) is 4.98 Å². The van der Waals surface area contributed by atoms with Crippen LogP contribution in [0.15, 0.2) is 34.6 Å². The zero-order chi connectivity index (χ0) is 21.2. The van der Waals surface area contributed by atoms with Crippen LogP contribution in [0, 0.1) is 0 Å². The molecule has 29 heavy (non-hydrogen) atoms. The Labute approximate surface area is 181 Å². The number of aliphatic imine (C=N–C) groups is 1. The first-order chi connectivity index (χ1) is 13.9. The highest BCUT2D eigenvalue weighted by Gasteiger charge is 2.12. The van der Waals surface area contributed by atoms with Crippen molar-refractivity contribution in [3.63, 3.8) is 0 Å². The first-order valence-corrected chi connectivity index (χ1v) is 10.6. The lowest BCUT2D eigenvalue weighted by molar-refractivity contribution is -0.116. The van der Waals surface area contributed by atoms with Crippen molar-refractivity contribution in [1.29, 1.82) is 0 Å². The number of guanidine groups is 1. The highest BCUT2D eigenvalue weighted by atomic mass is 35.5. The maximum Gasteiger partial charge on any atom is 0.224 e. The molecular formula is C20H28ClN5O2S. The Morgan fingerprint density at radius 1 is 1.38 bits per heavy atom. The van der Waals surface area contributed by atoms with Crippen molar-refractivity contribution >= 4 is 40.5 Å². The van der Waals surface area contributed by atoms with E-state index in [1.807, 2.05) is 24.3 Å². The van der Waals surface area contributed by atoms with E-state index in [-0.39, 0.29) is 12.0 Å². The summed E-state index contributed by atoms with van der Waals surface area (Å²) < 4.78 is 5.31. The number of hydrogen-bond acceptors (Lipinski definition) is 5. The molecule has 2 aromatic rings. The molecule has 9 heteroatoms. The minimum atomic E-state index is -0.0280. The van der Waals surface area contributed by atoms with Crippen LogP contribution in [0.4, 0.5) is 5.69 Å². The second-order valence-electron chi connectivity index (χ2n) is 6.54. The van der Waals surface area contributed by atoms with Gasteiger partial charge in [0.05, 0.1) is 12.2 Å². The number of aromatic nitrogens is 1. The van der Waals surface area contributed by atoms with Crippen molar-refractivity contribution < 1.29 is 9.53 Å². The third-order valence-corrected chi connectivity index (χ3v) is 5.54. The number of nitrogens with one attached hydrogen (secondary N) is 2. The van der Waals surface area contributed by atoms with Crippen molar-refractivity contribution in [2.24, 2.45) is 4.99 Å². The molecule has 0 aliphatic heterocycles. The molecule has 0 radical (unpaired) electrons. The van der Waals surface area contributed by atoms with E-state index in [0.717, 1.165) is 22.3 Å². The Kier molecular flexibility index (Phi) is 9.37. The summed E-state index contributed by atoms with van der Waals surface area (Å²) in [4.78, 5) is 23.0. The Bertz CT molecular complexity index is 809. The molecule has 0 spiro atoms. The zero-order valence-electron chi connectivity index (χ0n) is 17.2. The first-order valence-electron chi connectivity index (χ1n) is 9.37. The van der Waals surface area contributed by atoms with Gasteiger partial charge in [-0.2, -0.15) is 0 Å². The Morgan fingerprint density at radius 2 is 2.10 bits per heavy atom. The molecule has 158 valence electrons. The van der Waals surface area contributed by atoms with Crippen LogP contribution in [0.1, 0.15) is 36.6 Å². The van der Waals surface area contributed by atoms with Gasteiger partial charge in [-0.3, -0.25) is 9.79 Å². The molecule has 1 heterocycles. The van der Waals surface area contributed by atoms with Crippen LogP contribution in [0.25, 0.3) is 0 Å². The van der Waals surface area contributed by atoms with Gasteiger partial charge in [-0.05, 0) is 37.6 Å². The summed E-state index contributed by atoms with van der Waals surface area (Å²) in [5.41, 5.74) is 1.72. The monoisotopic (exact) mass is 437 g/mol. The van der Waals surface area contributed by atoms with Crippen molar-refractivity contribution in [2.45, 2.75) is 32.4 Å². The van der Waals surface area contributed by atoms with Gasteiger partial charge < -0.3 is 20.3 Å². The molecule has 2 rings (SSSR count). The van der Waals surface area contributed by atoms with Gasteiger partial charge in [0, 0.05) is 50.3 Å². The molecule has 1 aromatic carbocycles. The third-order valence-electron chi connectivity index (χ3n) is 4.24. The van der Waals surface area contributed by atoms with Crippen molar-refractivity contribution in [2.75, 3.05) is 33.1 Å². The van der Waals surface area contributed by atoms with Crippen molar-refractivity contribution in [3.8, 4) is 0 Å². The normalized spacial score (nSPS) is 12.5. The number of hydrogen-bond donors (Lipinski definition) is 2. The lowest BCUT2D eigenvalue weighted by Gasteiger charge is -2.21. The predicted molar refractivity (Wildman–Crippen MR) is 120 cm³/mol. The fourth-order valence-electron chi connectivity index (χ4n) is 2.59. The summed E-state index contributed by atoms with van der Waals surface area (Å²) in [6, 6.07) is 7.07. The molecule has 0 aliphatic carbocycles. The molecule has 0 aliphatic rings. The minimum Gasteiger partial charge on any atom is -0.375 e. The van der Waals surface area contributed by atoms with Gasteiger partial charge in [0.15, 0.2) is 5.96 Å². The molecule has 0 saturated carbocycles. The smallest absolute Gasteiger partial charge is 0.224 e. The van der Waals surface area contributed by atoms with Gasteiger partial charge in [0.2, 0.25) is 5.91 Å². The number of amides is 1. The van der Waals surface area contributed by atoms with E-state index in [2.05, 4.69) is 20.6 Å². The van der Waals surface area contributed by atoms with Crippen LogP contribution in [0.2, 0.25) is 5.02 Å². The average Bonchev–Trinajstić information content (AvgIpc) is 3.17. The van der Waals surface area contributed by atoms with Gasteiger partial charge >= 0.3 is 0 Å². The zero-order valence-corrected chi connectivity index (χ0v) is 18.8. The van der Waals surface area contributed by atoms with E-state index in [9.17, 15) is 4.79 Å². The van der Waals surface area contributed by atoms with E-state index < -0.39 is 0 Å². The Morgan fingerprint density at radius 3 is 2.76 bits per heavy atom. The highest BCUT2D eigenvalue weighted by Crippen LogP contribution is 2.21. The van der Waals surface area contributed by atoms with Crippen molar-refractivity contribution in [1.82, 2.24) is 15.2 Å². The second kappa shape index (κ2) is 11.7. The lowest BCUT2D eigenvalue weighted by Crippen LogP contribution is -2.39. The minimum absolute atomic E-state index is 0.00415. The van der Waals surface area contributed by atoms with E-state index >= 15 is 0 Å². The number of rotatable bonds is 9. The number of carbonyl (C=O) groups excluding carboxylic acids is 1. The number of nitrogens with zero attached hydrogens (tertiary/aromatic N) is 3. The standard InChI is InChI=1S/C20H28ClN5O2S/c1-14(28-4)19-25-17(13-29-19)12-26(3)20(22-2)23-11-5-6-18(27)24-16-9-7-15(21)8-10-16/h7-10,13-14H,5-6,11-12H2,1-4H3,(H,22,23)(H,24,27). The number of carbonyl (C=O) groups is 1. The Balaban J connectivity index is 1.73. The number of methoxy groups -OCH3 is 1. The summed E-state index contributed by atoms with van der Waals surface area (Å²) in [5, 5.41) is 9.79. The van der Waals surface area contributed by atoms with E-state index in [0.29, 0.717) is 31.0 Å². The lowest BCUT2D eigenvalue weighted by atomic mass is 10.2. The van der Waals surface area contributed by atoms with Crippen LogP contribution >= 0.6 is 22.9 Å². The number of benzene rings is 1. The van der Waals surface area contributed by atoms with Gasteiger partial charge in [0.1, 0.15) is 11.1 Å². The molecular weight excluding hydrogens is 410 g/mol. The van der Waals surface area contributed by atoms with Crippen LogP contribution in [-0.4, -0.2) is 49.5 Å². The summed E-state index contributed by atoms with van der Waals surface area (Å²) >= 11 is 7.44. The molecule has 2 N–H and O–H groups in total. The van der Waals surface area contributed by atoms with E-state index in [1.54, 1.807) is 49.8 Å². The van der Waals surface area contributed by atoms with Gasteiger partial charge in [-0.15, -0.1) is 11.3 Å². The first kappa shape index (κ1) is 23.1. The fourth-order valence-corrected chi connectivity index (χ4v) is 3.56. The third kappa shape index (κ3) is 7.64. The van der Waals surface area contributed by atoms with Gasteiger partial charge in [-0.1, -0.05) is 11.6 Å². The number of thiazole rings is 1. The largest absolute Gasteiger partial charge is 0.375 e. The number of anilines is 1. The number of ether oxygens (including phenoxy) is 1. The van der Waals surface area contributed by atoms with Gasteiger partial charge in [0.25, 0.3) is 0 Å². The SMILES string of the molecule is CN=C(NCCCC(=O)Nc1ccc(Cl)cc1)N(C)Cc1csc(C(C)OC)n1. The summed E-state index contributed by atoms with van der Waals surface area (Å²) in [6.07, 6.45) is 1.11. The van der Waals surface area contributed by atoms with E-state index in [4.69, 9.17) is 16.3 Å². The van der Waals surface area contributed by atoms with Crippen LogP contribution in [0.3, 0.4) is 0 Å². The summed E-state index contributed by atoms with van der Waals surface area (Å²) in [7, 11) is 5.38. The number of halogens is 1. The maximum absolute atomic E-state index is 12.0. The Hall–Kier alpha value is -2.16. The summed E-state index contributed by atoms with van der Waals surface area (Å²) in [5.74, 6) is 0.733. The van der Waals surface area contributed by atoms with Crippen LogP contribution < -0.4 is 10.6 Å². The quantitative estimate of drug-likeness (QED) is 0.353. The second-order valence-corrected chi connectivity index (χ2v) is 7.87. The van der Waals surface area contributed by atoms with Crippen LogP contribution in [-0.2, 0) is 16.1 Å². The average molecular weight is 438 g/mol. The van der Waals surface area contributed by atoms with Crippen LogP contribution in [0.5, 0.6) is 0 Å². The molecule has 0 fully saturated rings. The topological polar surface area (TPSA) is 78.9 Å². The molecule has 1 unspecified atom stereocenters. The highest BCUT2D eigenvalue weighted by molar-refractivity contribution is 7.09. The molecule has 1 aromatic heterocycles. The predicted octanol–water partition coefficient (Wildman–Crippen LogP) is 3.93. The molecule has 0 bridgehead atoms. The molecule has 0 saturated heterocycles. The van der Waals surface area contributed by atoms with E-state index in [1.165, 1.54) is 0 Å². The molecule has 1 amide bonds. The molecule has 7 nitrogen and oxygen atoms in total. The fraction of sp³-hybridized carbons (Fsp3) is 0.450. The summed E-state index contributed by atoms with van der Waals surface area (Å²) in [6.45, 7) is 3.27.